The summed E-state index contributed by atoms with van der Waals surface area (Å²) in [6.45, 7) is 0.257. The number of anilines is 1. The molecule has 0 saturated carbocycles. The zero-order valence-electron chi connectivity index (χ0n) is 13.3. The highest BCUT2D eigenvalue weighted by Crippen LogP contribution is 2.33. The molecular formula is C18H18N2O4. The highest BCUT2D eigenvalue weighted by atomic mass is 16.5. The molecule has 0 spiro atoms. The van der Waals surface area contributed by atoms with Crippen LogP contribution in [0.15, 0.2) is 42.5 Å². The number of likely N-dealkylation sites (tertiary alicyclic amines) is 1. The van der Waals surface area contributed by atoms with Crippen molar-refractivity contribution in [3.8, 4) is 16.9 Å². The van der Waals surface area contributed by atoms with Gasteiger partial charge in [0.2, 0.25) is 11.8 Å². The van der Waals surface area contributed by atoms with Gasteiger partial charge in [0.05, 0.1) is 19.3 Å². The average molecular weight is 326 g/mol. The number of imide groups is 1. The number of carbonyl (C=O) groups excluding carboxylic acids is 2. The molecule has 1 heterocycles. The highest BCUT2D eigenvalue weighted by molar-refractivity contribution is 6.01. The normalized spacial score (nSPS) is 14.2. The lowest BCUT2D eigenvalue weighted by Gasteiger charge is -2.16. The summed E-state index contributed by atoms with van der Waals surface area (Å²) in [6, 6.07) is 12.8. The Labute approximate surface area is 139 Å². The van der Waals surface area contributed by atoms with Crippen LogP contribution in [0.5, 0.6) is 5.75 Å². The third kappa shape index (κ3) is 3.09. The number of nitrogens with zero attached hydrogens (tertiary/aromatic N) is 1. The molecule has 1 saturated heterocycles. The fourth-order valence-corrected chi connectivity index (χ4v) is 2.82. The summed E-state index contributed by atoms with van der Waals surface area (Å²) in [5.41, 5.74) is 5.20. The Balaban J connectivity index is 1.96. The van der Waals surface area contributed by atoms with E-state index in [4.69, 9.17) is 9.94 Å². The van der Waals surface area contributed by atoms with Crippen LogP contribution in [0.3, 0.4) is 0 Å². The first-order valence-corrected chi connectivity index (χ1v) is 7.63. The maximum Gasteiger partial charge on any atom is 0.229 e. The van der Waals surface area contributed by atoms with E-state index in [1.807, 2.05) is 30.3 Å². The quantitative estimate of drug-likeness (QED) is 0.652. The highest BCUT2D eigenvalue weighted by Gasteiger charge is 2.28. The molecule has 2 aromatic carbocycles. The molecule has 1 aliphatic rings. The summed E-state index contributed by atoms with van der Waals surface area (Å²) >= 11 is 0. The molecule has 0 aromatic heterocycles. The van der Waals surface area contributed by atoms with E-state index < -0.39 is 0 Å². The van der Waals surface area contributed by atoms with Crippen molar-refractivity contribution in [1.82, 2.24) is 4.90 Å². The van der Waals surface area contributed by atoms with Crippen LogP contribution in [-0.2, 0) is 16.1 Å². The van der Waals surface area contributed by atoms with E-state index in [9.17, 15) is 9.59 Å². The van der Waals surface area contributed by atoms with Gasteiger partial charge in [0.15, 0.2) is 0 Å². The van der Waals surface area contributed by atoms with Crippen LogP contribution in [-0.4, -0.2) is 29.0 Å². The van der Waals surface area contributed by atoms with Gasteiger partial charge in [-0.3, -0.25) is 25.2 Å². The summed E-state index contributed by atoms with van der Waals surface area (Å²) in [5, 5.41) is 9.08. The van der Waals surface area contributed by atoms with E-state index in [-0.39, 0.29) is 31.2 Å². The monoisotopic (exact) mass is 326 g/mol. The van der Waals surface area contributed by atoms with Crippen LogP contribution >= 0.6 is 0 Å². The van der Waals surface area contributed by atoms with Crippen molar-refractivity contribution in [2.75, 3.05) is 12.6 Å². The molecule has 3 rings (SSSR count). The molecule has 0 bridgehead atoms. The van der Waals surface area contributed by atoms with Gasteiger partial charge in [-0.05, 0) is 35.4 Å². The van der Waals surface area contributed by atoms with Gasteiger partial charge in [-0.15, -0.1) is 0 Å². The minimum absolute atomic E-state index is 0.135. The van der Waals surface area contributed by atoms with Crippen molar-refractivity contribution in [3.63, 3.8) is 0 Å². The Morgan fingerprint density at radius 1 is 1.12 bits per heavy atom. The minimum Gasteiger partial charge on any atom is -0.496 e. The number of rotatable bonds is 5. The van der Waals surface area contributed by atoms with Crippen LogP contribution < -0.4 is 10.2 Å². The molecule has 6 nitrogen and oxygen atoms in total. The third-order valence-corrected chi connectivity index (χ3v) is 4.06. The number of nitrogens with one attached hydrogen (secondary N) is 1. The fourth-order valence-electron chi connectivity index (χ4n) is 2.82. The first-order chi connectivity index (χ1) is 11.6. The summed E-state index contributed by atoms with van der Waals surface area (Å²) in [6.07, 6.45) is 0.568. The van der Waals surface area contributed by atoms with Crippen molar-refractivity contribution >= 4 is 17.5 Å². The maximum atomic E-state index is 11.8. The van der Waals surface area contributed by atoms with Gasteiger partial charge >= 0.3 is 0 Å². The Hall–Kier alpha value is -2.86. The third-order valence-electron chi connectivity index (χ3n) is 4.06. The van der Waals surface area contributed by atoms with E-state index in [0.29, 0.717) is 11.4 Å². The lowest BCUT2D eigenvalue weighted by atomic mass is 10.0. The van der Waals surface area contributed by atoms with Crippen LogP contribution in [0.2, 0.25) is 0 Å². The molecule has 1 aliphatic heterocycles. The SMILES string of the molecule is COc1ccc(CN2C(=O)CCC2=O)cc1-c1cccc(NO)c1. The largest absolute Gasteiger partial charge is 0.496 e. The lowest BCUT2D eigenvalue weighted by molar-refractivity contribution is -0.139. The number of amides is 2. The van der Waals surface area contributed by atoms with Gasteiger partial charge < -0.3 is 4.74 Å². The van der Waals surface area contributed by atoms with Crippen molar-refractivity contribution in [2.24, 2.45) is 0 Å². The molecular weight excluding hydrogens is 308 g/mol. The Kier molecular flexibility index (Phi) is 4.48. The molecule has 0 aliphatic carbocycles. The fraction of sp³-hybridized carbons (Fsp3) is 0.222. The van der Waals surface area contributed by atoms with Gasteiger partial charge in [0.1, 0.15) is 5.75 Å². The zero-order valence-corrected chi connectivity index (χ0v) is 13.3. The number of carbonyl (C=O) groups is 2. The average Bonchev–Trinajstić information content (AvgIpc) is 2.93. The first-order valence-electron chi connectivity index (χ1n) is 7.63. The summed E-state index contributed by atoms with van der Waals surface area (Å²) in [5.74, 6) is 0.403. The van der Waals surface area contributed by atoms with Crippen molar-refractivity contribution in [2.45, 2.75) is 19.4 Å². The number of hydrogen-bond acceptors (Lipinski definition) is 5. The Morgan fingerprint density at radius 2 is 1.88 bits per heavy atom. The van der Waals surface area contributed by atoms with Gasteiger partial charge in [-0.1, -0.05) is 18.2 Å². The van der Waals surface area contributed by atoms with E-state index in [2.05, 4.69) is 5.48 Å². The molecule has 2 amide bonds. The molecule has 0 radical (unpaired) electrons. The van der Waals surface area contributed by atoms with Crippen LogP contribution in [0, 0.1) is 0 Å². The van der Waals surface area contributed by atoms with E-state index >= 15 is 0 Å². The number of methoxy groups -OCH3 is 1. The van der Waals surface area contributed by atoms with Gasteiger partial charge in [-0.25, -0.2) is 0 Å². The predicted octanol–water partition coefficient (Wildman–Crippen LogP) is 2.81. The molecule has 2 aromatic rings. The van der Waals surface area contributed by atoms with Crippen molar-refractivity contribution in [3.05, 3.63) is 48.0 Å². The zero-order chi connectivity index (χ0) is 17.1. The summed E-state index contributed by atoms with van der Waals surface area (Å²) in [7, 11) is 1.58. The summed E-state index contributed by atoms with van der Waals surface area (Å²) < 4.78 is 5.41. The molecule has 2 N–H and O–H groups in total. The standard InChI is InChI=1S/C18H18N2O4/c1-24-16-6-5-12(11-20-17(21)7-8-18(20)22)9-15(16)13-3-2-4-14(10-13)19-23/h2-6,9-10,19,23H,7-8,11H2,1H3. The predicted molar refractivity (Wildman–Crippen MR) is 88.6 cm³/mol. The van der Waals surface area contributed by atoms with Gasteiger partial charge in [0, 0.05) is 18.4 Å². The van der Waals surface area contributed by atoms with E-state index in [1.165, 1.54) is 4.90 Å². The smallest absolute Gasteiger partial charge is 0.229 e. The Morgan fingerprint density at radius 3 is 2.54 bits per heavy atom. The molecule has 124 valence electrons. The Bertz CT molecular complexity index is 772. The van der Waals surface area contributed by atoms with Crippen molar-refractivity contribution < 1.29 is 19.5 Å². The van der Waals surface area contributed by atoms with E-state index in [0.717, 1.165) is 16.7 Å². The number of hydrogen-bond donors (Lipinski definition) is 2. The molecule has 24 heavy (non-hydrogen) atoms. The minimum atomic E-state index is -0.135. The lowest BCUT2D eigenvalue weighted by Crippen LogP contribution is -2.28. The van der Waals surface area contributed by atoms with Gasteiger partial charge in [-0.2, -0.15) is 0 Å². The van der Waals surface area contributed by atoms with Crippen LogP contribution in [0.25, 0.3) is 11.1 Å². The molecule has 0 atom stereocenters. The molecule has 6 heteroatoms. The van der Waals surface area contributed by atoms with Gasteiger partial charge in [0.25, 0.3) is 0 Å². The van der Waals surface area contributed by atoms with Crippen LogP contribution in [0.1, 0.15) is 18.4 Å². The first kappa shape index (κ1) is 16.0. The molecule has 1 fully saturated rings. The maximum absolute atomic E-state index is 11.8. The topological polar surface area (TPSA) is 78.9 Å². The summed E-state index contributed by atoms with van der Waals surface area (Å²) in [4.78, 5) is 24.9. The second-order valence-electron chi connectivity index (χ2n) is 5.60. The molecule has 0 unspecified atom stereocenters. The second-order valence-corrected chi connectivity index (χ2v) is 5.60. The van der Waals surface area contributed by atoms with Crippen LogP contribution in [0.4, 0.5) is 5.69 Å². The number of ether oxygens (including phenoxy) is 1. The van der Waals surface area contributed by atoms with E-state index in [1.54, 1.807) is 19.2 Å². The number of benzene rings is 2. The van der Waals surface area contributed by atoms with Crippen molar-refractivity contribution in [1.29, 1.82) is 0 Å². The second kappa shape index (κ2) is 6.72.